The predicted molar refractivity (Wildman–Crippen MR) is 57.9 cm³/mol. The van der Waals surface area contributed by atoms with Crippen molar-refractivity contribution < 1.29 is 19.0 Å². The summed E-state index contributed by atoms with van der Waals surface area (Å²) in [4.78, 5) is 13.1. The van der Waals surface area contributed by atoms with Gasteiger partial charge in [0, 0.05) is 19.0 Å². The van der Waals surface area contributed by atoms with Crippen molar-refractivity contribution in [2.75, 3.05) is 19.7 Å². The Kier molecular flexibility index (Phi) is 4.13. The Balaban J connectivity index is 2.52. The number of ether oxygens (including phenoxy) is 1. The standard InChI is InChI=1S/C11H20FNO3/c1-11(2,3)16-10(15)13-5-4-9(12)8(6-13)7-14/h8-9,14H,4-7H2,1-3H3. The summed E-state index contributed by atoms with van der Waals surface area (Å²) in [6.07, 6.45) is -1.19. The topological polar surface area (TPSA) is 49.8 Å². The Labute approximate surface area is 95.4 Å². The number of alkyl halides is 1. The number of nitrogens with zero attached hydrogens (tertiary/aromatic N) is 1. The highest BCUT2D eigenvalue weighted by Gasteiger charge is 2.32. The van der Waals surface area contributed by atoms with Crippen molar-refractivity contribution in [3.8, 4) is 0 Å². The average Bonchev–Trinajstić information content (AvgIpc) is 2.15. The van der Waals surface area contributed by atoms with Gasteiger partial charge in [-0.3, -0.25) is 0 Å². The summed E-state index contributed by atoms with van der Waals surface area (Å²) < 4.78 is 18.5. The summed E-state index contributed by atoms with van der Waals surface area (Å²) >= 11 is 0. The van der Waals surface area contributed by atoms with Gasteiger partial charge in [0.05, 0.1) is 6.61 Å². The number of rotatable bonds is 1. The molecular formula is C11H20FNO3. The van der Waals surface area contributed by atoms with Gasteiger partial charge in [0.25, 0.3) is 0 Å². The minimum Gasteiger partial charge on any atom is -0.444 e. The molecule has 1 rings (SSSR count). The van der Waals surface area contributed by atoms with Crippen LogP contribution in [0.25, 0.3) is 0 Å². The number of aliphatic hydroxyl groups is 1. The highest BCUT2D eigenvalue weighted by molar-refractivity contribution is 5.68. The number of likely N-dealkylation sites (tertiary alicyclic amines) is 1. The van der Waals surface area contributed by atoms with Crippen molar-refractivity contribution >= 4 is 6.09 Å². The van der Waals surface area contributed by atoms with Gasteiger partial charge in [-0.25, -0.2) is 9.18 Å². The summed E-state index contributed by atoms with van der Waals surface area (Å²) in [5, 5.41) is 8.97. The molecule has 1 fully saturated rings. The van der Waals surface area contributed by atoms with Gasteiger partial charge in [0.1, 0.15) is 11.8 Å². The van der Waals surface area contributed by atoms with Crippen LogP contribution in [0.15, 0.2) is 0 Å². The van der Waals surface area contributed by atoms with E-state index in [0.29, 0.717) is 6.54 Å². The number of hydrogen-bond donors (Lipinski definition) is 1. The van der Waals surface area contributed by atoms with Crippen LogP contribution in [0.3, 0.4) is 0 Å². The lowest BCUT2D eigenvalue weighted by Gasteiger charge is -2.35. The monoisotopic (exact) mass is 233 g/mol. The molecule has 0 aromatic heterocycles. The first-order valence-electron chi connectivity index (χ1n) is 5.56. The number of piperidine rings is 1. The summed E-state index contributed by atoms with van der Waals surface area (Å²) in [5.74, 6) is -0.485. The number of hydrogen-bond acceptors (Lipinski definition) is 3. The van der Waals surface area contributed by atoms with Gasteiger partial charge in [-0.2, -0.15) is 0 Å². The second-order valence-corrected chi connectivity index (χ2v) is 5.17. The molecule has 0 saturated carbocycles. The number of aliphatic hydroxyl groups excluding tert-OH is 1. The SMILES string of the molecule is CC(C)(C)OC(=O)N1CCC(F)C(CO)C1. The number of amides is 1. The molecule has 16 heavy (non-hydrogen) atoms. The van der Waals surface area contributed by atoms with Crippen LogP contribution in [0.1, 0.15) is 27.2 Å². The lowest BCUT2D eigenvalue weighted by Crippen LogP contribution is -2.47. The summed E-state index contributed by atoms with van der Waals surface area (Å²) in [5.41, 5.74) is -0.543. The first-order valence-corrected chi connectivity index (χ1v) is 5.56. The van der Waals surface area contributed by atoms with E-state index in [-0.39, 0.29) is 19.6 Å². The predicted octanol–water partition coefficient (Wildman–Crippen LogP) is 1.57. The van der Waals surface area contributed by atoms with Crippen LogP contribution in [0.5, 0.6) is 0 Å². The van der Waals surface area contributed by atoms with E-state index in [9.17, 15) is 9.18 Å². The number of carbonyl (C=O) groups excluding carboxylic acids is 1. The smallest absolute Gasteiger partial charge is 0.410 e. The van der Waals surface area contributed by atoms with Crippen molar-refractivity contribution in [2.45, 2.75) is 39.0 Å². The fourth-order valence-electron chi connectivity index (χ4n) is 1.67. The molecule has 2 atom stereocenters. The van der Waals surface area contributed by atoms with Crippen molar-refractivity contribution in [1.82, 2.24) is 4.90 Å². The van der Waals surface area contributed by atoms with Crippen LogP contribution in [0.2, 0.25) is 0 Å². The zero-order valence-electron chi connectivity index (χ0n) is 10.1. The normalized spacial score (nSPS) is 26.7. The number of carbonyl (C=O) groups is 1. The van der Waals surface area contributed by atoms with Gasteiger partial charge in [0.2, 0.25) is 0 Å². The molecule has 0 aromatic rings. The molecule has 0 bridgehead atoms. The van der Waals surface area contributed by atoms with Gasteiger partial charge in [-0.05, 0) is 27.2 Å². The molecule has 1 amide bonds. The third-order valence-electron chi connectivity index (χ3n) is 2.53. The van der Waals surface area contributed by atoms with E-state index in [4.69, 9.17) is 9.84 Å². The molecule has 1 aliphatic heterocycles. The lowest BCUT2D eigenvalue weighted by atomic mass is 9.97. The zero-order valence-corrected chi connectivity index (χ0v) is 10.1. The second-order valence-electron chi connectivity index (χ2n) is 5.17. The van der Waals surface area contributed by atoms with Crippen molar-refractivity contribution in [2.24, 2.45) is 5.92 Å². The molecule has 0 radical (unpaired) electrons. The molecule has 5 heteroatoms. The largest absolute Gasteiger partial charge is 0.444 e. The Morgan fingerprint density at radius 2 is 2.19 bits per heavy atom. The van der Waals surface area contributed by atoms with Crippen LogP contribution in [0.4, 0.5) is 9.18 Å². The van der Waals surface area contributed by atoms with Crippen LogP contribution >= 0.6 is 0 Å². The first-order chi connectivity index (χ1) is 7.33. The summed E-state index contributed by atoms with van der Waals surface area (Å²) in [7, 11) is 0. The number of halogens is 1. The van der Waals surface area contributed by atoms with E-state index in [0.717, 1.165) is 0 Å². The highest BCUT2D eigenvalue weighted by Crippen LogP contribution is 2.21. The molecule has 94 valence electrons. The van der Waals surface area contributed by atoms with Crippen molar-refractivity contribution in [3.63, 3.8) is 0 Å². The summed E-state index contributed by atoms with van der Waals surface area (Å²) in [6.45, 7) is 5.71. The lowest BCUT2D eigenvalue weighted by molar-refractivity contribution is -0.000695. The third kappa shape index (κ3) is 3.63. The molecule has 4 nitrogen and oxygen atoms in total. The molecule has 1 saturated heterocycles. The maximum atomic E-state index is 13.3. The van der Waals surface area contributed by atoms with Gasteiger partial charge in [0.15, 0.2) is 0 Å². The van der Waals surface area contributed by atoms with E-state index in [2.05, 4.69) is 0 Å². The molecule has 0 aliphatic carbocycles. The van der Waals surface area contributed by atoms with Crippen LogP contribution in [-0.4, -0.2) is 47.6 Å². The molecule has 1 heterocycles. The van der Waals surface area contributed by atoms with Gasteiger partial charge in [-0.15, -0.1) is 0 Å². The molecule has 2 unspecified atom stereocenters. The molecular weight excluding hydrogens is 213 g/mol. The molecule has 1 aliphatic rings. The van der Waals surface area contributed by atoms with E-state index in [1.54, 1.807) is 20.8 Å². The average molecular weight is 233 g/mol. The third-order valence-corrected chi connectivity index (χ3v) is 2.53. The van der Waals surface area contributed by atoms with Crippen LogP contribution in [-0.2, 0) is 4.74 Å². The molecule has 1 N–H and O–H groups in total. The quantitative estimate of drug-likeness (QED) is 0.748. The van der Waals surface area contributed by atoms with Crippen molar-refractivity contribution in [1.29, 1.82) is 0 Å². The minimum atomic E-state index is -1.02. The summed E-state index contributed by atoms with van der Waals surface area (Å²) in [6, 6.07) is 0. The van der Waals surface area contributed by atoms with Crippen LogP contribution < -0.4 is 0 Å². The highest BCUT2D eigenvalue weighted by atomic mass is 19.1. The van der Waals surface area contributed by atoms with Gasteiger partial charge in [-0.1, -0.05) is 0 Å². The van der Waals surface area contributed by atoms with E-state index < -0.39 is 23.8 Å². The minimum absolute atomic E-state index is 0.229. The van der Waals surface area contributed by atoms with Crippen LogP contribution in [0, 0.1) is 5.92 Å². The van der Waals surface area contributed by atoms with Gasteiger partial charge >= 0.3 is 6.09 Å². The maximum Gasteiger partial charge on any atom is 0.410 e. The Morgan fingerprint density at radius 1 is 1.56 bits per heavy atom. The fourth-order valence-corrected chi connectivity index (χ4v) is 1.67. The second kappa shape index (κ2) is 4.99. The maximum absolute atomic E-state index is 13.3. The van der Waals surface area contributed by atoms with E-state index >= 15 is 0 Å². The zero-order chi connectivity index (χ0) is 12.3. The van der Waals surface area contributed by atoms with E-state index in [1.807, 2.05) is 0 Å². The van der Waals surface area contributed by atoms with E-state index in [1.165, 1.54) is 4.90 Å². The molecule has 0 aromatic carbocycles. The molecule has 0 spiro atoms. The Bertz CT molecular complexity index is 252. The fraction of sp³-hybridized carbons (Fsp3) is 0.909. The van der Waals surface area contributed by atoms with Crippen molar-refractivity contribution in [3.05, 3.63) is 0 Å². The first kappa shape index (κ1) is 13.2. The Hall–Kier alpha value is -0.840. The van der Waals surface area contributed by atoms with Gasteiger partial charge < -0.3 is 14.7 Å². The Morgan fingerprint density at radius 3 is 2.69 bits per heavy atom.